The third-order valence-electron chi connectivity index (χ3n) is 3.64. The van der Waals surface area contributed by atoms with Crippen LogP contribution in [0.5, 0.6) is 5.88 Å². The topological polar surface area (TPSA) is 62.2 Å². The predicted octanol–water partition coefficient (Wildman–Crippen LogP) is 3.45. The summed E-state index contributed by atoms with van der Waals surface area (Å²) in [6.45, 7) is 1.77. The summed E-state index contributed by atoms with van der Waals surface area (Å²) in [6.07, 6.45) is -0.0942. The van der Waals surface area contributed by atoms with Gasteiger partial charge in [0, 0.05) is 6.20 Å². The highest BCUT2D eigenvalue weighted by atomic mass is 16.7. The molecule has 0 aliphatic carbocycles. The van der Waals surface area contributed by atoms with E-state index in [1.54, 1.807) is 6.92 Å². The molecular formula is C19H14NO3-. The third-order valence-corrected chi connectivity index (χ3v) is 3.64. The number of carbonyl (C=O) groups excluding carboxylic acids is 1. The first kappa shape index (κ1) is 14.8. The van der Waals surface area contributed by atoms with Crippen LogP contribution in [0.15, 0.2) is 66.9 Å². The molecule has 0 radical (unpaired) electrons. The van der Waals surface area contributed by atoms with Gasteiger partial charge in [0.1, 0.15) is 5.88 Å². The quantitative estimate of drug-likeness (QED) is 0.695. The summed E-state index contributed by atoms with van der Waals surface area (Å²) in [5.41, 5.74) is 4.76. The van der Waals surface area contributed by atoms with Crippen LogP contribution >= 0.6 is 0 Å². The molecule has 3 rings (SSSR count). The molecule has 1 aromatic heterocycles. The number of benzene rings is 2. The van der Waals surface area contributed by atoms with Gasteiger partial charge < -0.3 is 14.6 Å². The normalized spacial score (nSPS) is 10.3. The Bertz CT molecular complexity index is 827. The molecule has 0 fully saturated rings. The zero-order valence-electron chi connectivity index (χ0n) is 12.5. The molecular weight excluding hydrogens is 290 g/mol. The smallest absolute Gasteiger partial charge is 0.258 e. The zero-order chi connectivity index (χ0) is 16.2. The van der Waals surface area contributed by atoms with E-state index < -0.39 is 6.16 Å². The highest BCUT2D eigenvalue weighted by Gasteiger charge is 2.07. The summed E-state index contributed by atoms with van der Waals surface area (Å²) < 4.78 is 4.59. The fraction of sp³-hybridized carbons (Fsp3) is 0.0526. The molecule has 0 amide bonds. The Kier molecular flexibility index (Phi) is 4.06. The molecule has 0 aliphatic heterocycles. The highest BCUT2D eigenvalue weighted by molar-refractivity contribution is 5.73. The lowest BCUT2D eigenvalue weighted by molar-refractivity contribution is -0.271. The van der Waals surface area contributed by atoms with Crippen LogP contribution in [0.4, 0.5) is 4.79 Å². The van der Waals surface area contributed by atoms with Crippen LogP contribution in [0.25, 0.3) is 22.3 Å². The van der Waals surface area contributed by atoms with Gasteiger partial charge >= 0.3 is 0 Å². The van der Waals surface area contributed by atoms with Gasteiger partial charge in [0.15, 0.2) is 0 Å². The molecule has 0 saturated heterocycles. The fourth-order valence-electron chi connectivity index (χ4n) is 2.48. The molecule has 3 aromatic rings. The Hall–Kier alpha value is -3.14. The lowest BCUT2D eigenvalue weighted by atomic mass is 9.98. The number of carbonyl (C=O) groups is 1. The van der Waals surface area contributed by atoms with E-state index in [4.69, 9.17) is 0 Å². The van der Waals surface area contributed by atoms with Gasteiger partial charge in [-0.1, -0.05) is 54.6 Å². The minimum Gasteiger partial charge on any atom is -0.496 e. The number of ether oxygens (including phenoxy) is 1. The van der Waals surface area contributed by atoms with Gasteiger partial charge in [-0.25, -0.2) is 4.98 Å². The fourth-order valence-corrected chi connectivity index (χ4v) is 2.48. The van der Waals surface area contributed by atoms with Crippen molar-refractivity contribution in [2.75, 3.05) is 0 Å². The molecule has 0 aliphatic rings. The molecule has 0 bridgehead atoms. The standard InChI is InChI=1S/C19H15NO3/c1-13-17(11-12-20-18(13)23-19(21)22)16-9-7-15(8-10-16)14-5-3-2-4-6-14/h2-12H,1H3,(H,21,22)/p-1. The van der Waals surface area contributed by atoms with Gasteiger partial charge in [0.2, 0.25) is 0 Å². The van der Waals surface area contributed by atoms with Crippen LogP contribution in [-0.2, 0) is 0 Å². The van der Waals surface area contributed by atoms with Crippen molar-refractivity contribution in [2.24, 2.45) is 0 Å². The van der Waals surface area contributed by atoms with Crippen LogP contribution in [0.2, 0.25) is 0 Å². The van der Waals surface area contributed by atoms with Crippen molar-refractivity contribution in [3.05, 3.63) is 72.4 Å². The van der Waals surface area contributed by atoms with Gasteiger partial charge in [-0.05, 0) is 40.8 Å². The van der Waals surface area contributed by atoms with E-state index in [1.165, 1.54) is 6.20 Å². The highest BCUT2D eigenvalue weighted by Crippen LogP contribution is 2.30. The summed E-state index contributed by atoms with van der Waals surface area (Å²) in [7, 11) is 0. The molecule has 0 spiro atoms. The van der Waals surface area contributed by atoms with Gasteiger partial charge in [-0.15, -0.1) is 0 Å². The Balaban J connectivity index is 1.95. The van der Waals surface area contributed by atoms with Crippen LogP contribution < -0.4 is 9.84 Å². The Morgan fingerprint density at radius 2 is 1.52 bits per heavy atom. The van der Waals surface area contributed by atoms with E-state index in [-0.39, 0.29) is 5.88 Å². The van der Waals surface area contributed by atoms with E-state index in [0.29, 0.717) is 5.56 Å². The monoisotopic (exact) mass is 304 g/mol. The SMILES string of the molecule is Cc1c(-c2ccc(-c3ccccc3)cc2)ccnc1OC(=O)[O-]. The molecule has 0 atom stereocenters. The van der Waals surface area contributed by atoms with Crippen LogP contribution in [-0.4, -0.2) is 11.1 Å². The van der Waals surface area contributed by atoms with Gasteiger partial charge in [-0.3, -0.25) is 0 Å². The van der Waals surface area contributed by atoms with E-state index >= 15 is 0 Å². The maximum atomic E-state index is 10.6. The lowest BCUT2D eigenvalue weighted by Crippen LogP contribution is -2.27. The van der Waals surface area contributed by atoms with E-state index in [1.807, 2.05) is 48.5 Å². The molecule has 2 aromatic carbocycles. The number of pyridine rings is 1. The second kappa shape index (κ2) is 6.32. The maximum absolute atomic E-state index is 10.6. The molecule has 4 nitrogen and oxygen atoms in total. The first-order valence-corrected chi connectivity index (χ1v) is 7.15. The summed E-state index contributed by atoms with van der Waals surface area (Å²) >= 11 is 0. The number of aromatic nitrogens is 1. The van der Waals surface area contributed by atoms with Gasteiger partial charge in [0.05, 0.1) is 0 Å². The van der Waals surface area contributed by atoms with Crippen molar-refractivity contribution in [3.8, 4) is 28.1 Å². The molecule has 23 heavy (non-hydrogen) atoms. The molecule has 0 unspecified atom stereocenters. The van der Waals surface area contributed by atoms with Crippen molar-refractivity contribution >= 4 is 6.16 Å². The van der Waals surface area contributed by atoms with Crippen molar-refractivity contribution in [3.63, 3.8) is 0 Å². The first-order chi connectivity index (χ1) is 11.1. The summed E-state index contributed by atoms with van der Waals surface area (Å²) in [6, 6.07) is 20.0. The molecule has 4 heteroatoms. The zero-order valence-corrected chi connectivity index (χ0v) is 12.5. The summed E-state index contributed by atoms with van der Waals surface area (Å²) in [5, 5.41) is 10.6. The number of hydrogen-bond acceptors (Lipinski definition) is 4. The average Bonchev–Trinajstić information content (AvgIpc) is 2.57. The number of rotatable bonds is 3. The Morgan fingerprint density at radius 3 is 2.17 bits per heavy atom. The van der Waals surface area contributed by atoms with E-state index in [2.05, 4.69) is 21.9 Å². The first-order valence-electron chi connectivity index (χ1n) is 7.15. The molecule has 114 valence electrons. The Morgan fingerprint density at radius 1 is 0.913 bits per heavy atom. The van der Waals surface area contributed by atoms with Crippen LogP contribution in [0.3, 0.4) is 0 Å². The second-order valence-corrected chi connectivity index (χ2v) is 5.08. The number of hydrogen-bond donors (Lipinski definition) is 0. The van der Waals surface area contributed by atoms with Crippen molar-refractivity contribution in [1.82, 2.24) is 4.98 Å². The number of carboxylic acid groups (broad SMARTS) is 1. The largest absolute Gasteiger partial charge is 0.496 e. The average molecular weight is 304 g/mol. The van der Waals surface area contributed by atoms with E-state index in [9.17, 15) is 9.90 Å². The van der Waals surface area contributed by atoms with Gasteiger partial charge in [0.25, 0.3) is 6.16 Å². The molecule has 1 heterocycles. The van der Waals surface area contributed by atoms with Crippen LogP contribution in [0, 0.1) is 6.92 Å². The minimum atomic E-state index is -1.61. The van der Waals surface area contributed by atoms with Crippen molar-refractivity contribution < 1.29 is 14.6 Å². The van der Waals surface area contributed by atoms with E-state index in [0.717, 1.165) is 22.3 Å². The van der Waals surface area contributed by atoms with Crippen molar-refractivity contribution in [1.29, 1.82) is 0 Å². The summed E-state index contributed by atoms with van der Waals surface area (Å²) in [4.78, 5) is 14.5. The van der Waals surface area contributed by atoms with Crippen molar-refractivity contribution in [2.45, 2.75) is 6.92 Å². The number of nitrogens with zero attached hydrogens (tertiary/aromatic N) is 1. The molecule has 0 saturated carbocycles. The second-order valence-electron chi connectivity index (χ2n) is 5.08. The third kappa shape index (κ3) is 3.21. The molecule has 0 N–H and O–H groups in total. The Labute approximate surface area is 134 Å². The predicted molar refractivity (Wildman–Crippen MR) is 85.9 cm³/mol. The maximum Gasteiger partial charge on any atom is 0.258 e. The summed E-state index contributed by atoms with van der Waals surface area (Å²) in [5.74, 6) is 0.0506. The van der Waals surface area contributed by atoms with Gasteiger partial charge in [-0.2, -0.15) is 0 Å². The lowest BCUT2D eigenvalue weighted by Gasteiger charge is -2.14. The minimum absolute atomic E-state index is 0.0506. The van der Waals surface area contributed by atoms with Crippen LogP contribution in [0.1, 0.15) is 5.56 Å².